The van der Waals surface area contributed by atoms with Crippen LogP contribution in [0.15, 0.2) is 24.3 Å². The third-order valence-electron chi connectivity index (χ3n) is 3.20. The Labute approximate surface area is 137 Å². The van der Waals surface area contributed by atoms with Gasteiger partial charge in [-0.2, -0.15) is 0 Å². The average molecular weight is 338 g/mol. The molecule has 0 aliphatic rings. The molecule has 0 spiro atoms. The highest BCUT2D eigenvalue weighted by Crippen LogP contribution is 2.14. The van der Waals surface area contributed by atoms with E-state index in [0.29, 0.717) is 0 Å². The number of carboxylic acid groups (broad SMARTS) is 1. The fourth-order valence-corrected chi connectivity index (χ4v) is 1.96. The maximum absolute atomic E-state index is 12.1. The molecule has 1 aromatic carbocycles. The average Bonchev–Trinajstić information content (AvgIpc) is 2.54. The van der Waals surface area contributed by atoms with Crippen molar-refractivity contribution in [1.29, 1.82) is 0 Å². The first-order valence-electron chi connectivity index (χ1n) is 7.21. The Morgan fingerprint density at radius 1 is 1.38 bits per heavy atom. The van der Waals surface area contributed by atoms with E-state index in [4.69, 9.17) is 4.74 Å². The first-order valence-corrected chi connectivity index (χ1v) is 7.21. The third-order valence-corrected chi connectivity index (χ3v) is 3.20. The minimum atomic E-state index is -1.32. The van der Waals surface area contributed by atoms with Gasteiger partial charge in [-0.1, -0.05) is 13.0 Å². The summed E-state index contributed by atoms with van der Waals surface area (Å²) < 4.78 is 4.80. The number of carbonyl (C=O) groups excluding carboxylic acids is 2. The van der Waals surface area contributed by atoms with Crippen molar-refractivity contribution < 1.29 is 29.2 Å². The summed E-state index contributed by atoms with van der Waals surface area (Å²) in [6.45, 7) is 3.29. The van der Waals surface area contributed by atoms with Crippen LogP contribution in [0.2, 0.25) is 0 Å². The SMILES string of the molecule is CCOC(=O)[C@H](C)C[C@@H](NC(=O)c1cccc([N+](=O)[O-])c1)C(=O)O. The van der Waals surface area contributed by atoms with Gasteiger partial charge in [0.2, 0.25) is 0 Å². The number of carbonyl (C=O) groups is 3. The quantitative estimate of drug-likeness (QED) is 0.415. The standard InChI is InChI=1S/C15H18N2O7/c1-3-24-15(21)9(2)7-12(14(19)20)16-13(18)10-5-4-6-11(8-10)17(22)23/h4-6,8-9,12H,3,7H2,1-2H3,(H,16,18)(H,19,20)/t9-,12-/m1/s1. The van der Waals surface area contributed by atoms with Gasteiger partial charge in [0.15, 0.2) is 0 Å². The number of rotatable bonds is 8. The molecule has 130 valence electrons. The van der Waals surface area contributed by atoms with E-state index in [-0.39, 0.29) is 24.3 Å². The Morgan fingerprint density at radius 3 is 2.58 bits per heavy atom. The number of esters is 1. The summed E-state index contributed by atoms with van der Waals surface area (Å²) in [5.41, 5.74) is -0.325. The first-order chi connectivity index (χ1) is 11.3. The van der Waals surface area contributed by atoms with Crippen LogP contribution >= 0.6 is 0 Å². The molecule has 0 fully saturated rings. The molecule has 0 aliphatic heterocycles. The number of ether oxygens (including phenoxy) is 1. The number of nitro groups is 1. The van der Waals surface area contributed by atoms with Crippen LogP contribution in [-0.4, -0.2) is 40.5 Å². The van der Waals surface area contributed by atoms with Gasteiger partial charge in [0, 0.05) is 17.7 Å². The van der Waals surface area contributed by atoms with Crippen LogP contribution in [0.4, 0.5) is 5.69 Å². The van der Waals surface area contributed by atoms with E-state index in [1.165, 1.54) is 25.1 Å². The second kappa shape index (κ2) is 8.61. The molecule has 0 unspecified atom stereocenters. The topological polar surface area (TPSA) is 136 Å². The summed E-state index contributed by atoms with van der Waals surface area (Å²) in [6, 6.07) is 3.59. The van der Waals surface area contributed by atoms with Gasteiger partial charge in [-0.15, -0.1) is 0 Å². The van der Waals surface area contributed by atoms with Gasteiger partial charge in [0.25, 0.3) is 11.6 Å². The monoisotopic (exact) mass is 338 g/mol. The van der Waals surface area contributed by atoms with E-state index < -0.39 is 34.7 Å². The summed E-state index contributed by atoms with van der Waals surface area (Å²) in [7, 11) is 0. The van der Waals surface area contributed by atoms with Crippen LogP contribution in [0.3, 0.4) is 0 Å². The van der Waals surface area contributed by atoms with Crippen LogP contribution < -0.4 is 5.32 Å². The molecule has 1 aromatic rings. The van der Waals surface area contributed by atoms with E-state index in [9.17, 15) is 29.6 Å². The van der Waals surface area contributed by atoms with Gasteiger partial charge >= 0.3 is 11.9 Å². The predicted octanol–water partition coefficient (Wildman–Crippen LogP) is 1.37. The number of nitrogens with one attached hydrogen (secondary N) is 1. The lowest BCUT2D eigenvalue weighted by Crippen LogP contribution is -2.42. The molecule has 0 saturated heterocycles. The lowest BCUT2D eigenvalue weighted by atomic mass is 10.0. The summed E-state index contributed by atoms with van der Waals surface area (Å²) in [5.74, 6) is -3.38. The zero-order valence-electron chi connectivity index (χ0n) is 13.2. The minimum Gasteiger partial charge on any atom is -0.480 e. The highest BCUT2D eigenvalue weighted by Gasteiger charge is 2.27. The van der Waals surface area contributed by atoms with E-state index in [1.54, 1.807) is 6.92 Å². The molecule has 9 heteroatoms. The molecule has 2 N–H and O–H groups in total. The zero-order valence-corrected chi connectivity index (χ0v) is 13.2. The molecule has 2 atom stereocenters. The molecular formula is C15H18N2O7. The van der Waals surface area contributed by atoms with Crippen molar-refractivity contribution in [3.05, 3.63) is 39.9 Å². The third kappa shape index (κ3) is 5.34. The number of benzene rings is 1. The normalized spacial score (nSPS) is 12.8. The van der Waals surface area contributed by atoms with Gasteiger partial charge in [0.1, 0.15) is 6.04 Å². The van der Waals surface area contributed by atoms with Gasteiger partial charge in [-0.25, -0.2) is 4.79 Å². The molecule has 0 heterocycles. The van der Waals surface area contributed by atoms with Gasteiger partial charge in [-0.05, 0) is 19.4 Å². The molecule has 1 amide bonds. The van der Waals surface area contributed by atoms with Gasteiger partial charge < -0.3 is 15.2 Å². The fraction of sp³-hybridized carbons (Fsp3) is 0.400. The fourth-order valence-electron chi connectivity index (χ4n) is 1.96. The summed E-state index contributed by atoms with van der Waals surface area (Å²) in [6.07, 6.45) is -0.158. The number of nitrogens with zero attached hydrogens (tertiary/aromatic N) is 1. The second-order valence-electron chi connectivity index (χ2n) is 5.06. The number of hydrogen-bond donors (Lipinski definition) is 2. The number of hydrogen-bond acceptors (Lipinski definition) is 6. The molecule has 0 aliphatic carbocycles. The lowest BCUT2D eigenvalue weighted by Gasteiger charge is -2.18. The lowest BCUT2D eigenvalue weighted by molar-refractivity contribution is -0.384. The van der Waals surface area contributed by atoms with Crippen molar-refractivity contribution in [2.45, 2.75) is 26.3 Å². The molecule has 0 saturated carbocycles. The zero-order chi connectivity index (χ0) is 18.3. The minimum absolute atomic E-state index is 0.0424. The number of aliphatic carboxylic acids is 1. The van der Waals surface area contributed by atoms with Crippen LogP contribution in [-0.2, 0) is 14.3 Å². The second-order valence-corrected chi connectivity index (χ2v) is 5.06. The highest BCUT2D eigenvalue weighted by atomic mass is 16.6. The van der Waals surface area contributed by atoms with Crippen LogP contribution in [0, 0.1) is 16.0 Å². The van der Waals surface area contributed by atoms with E-state index in [1.807, 2.05) is 0 Å². The molecule has 0 bridgehead atoms. The van der Waals surface area contributed by atoms with Crippen molar-refractivity contribution >= 4 is 23.5 Å². The Bertz CT molecular complexity index is 644. The van der Waals surface area contributed by atoms with Crippen molar-refractivity contribution in [3.63, 3.8) is 0 Å². The van der Waals surface area contributed by atoms with Crippen LogP contribution in [0.25, 0.3) is 0 Å². The van der Waals surface area contributed by atoms with Crippen LogP contribution in [0.5, 0.6) is 0 Å². The van der Waals surface area contributed by atoms with E-state index in [2.05, 4.69) is 5.32 Å². The first kappa shape index (κ1) is 19.1. The number of non-ortho nitro benzene ring substituents is 1. The van der Waals surface area contributed by atoms with Gasteiger partial charge in [0.05, 0.1) is 17.4 Å². The van der Waals surface area contributed by atoms with E-state index >= 15 is 0 Å². The molecule has 0 radical (unpaired) electrons. The van der Waals surface area contributed by atoms with Crippen molar-refractivity contribution in [3.8, 4) is 0 Å². The van der Waals surface area contributed by atoms with E-state index in [0.717, 1.165) is 6.07 Å². The Kier molecular flexibility index (Phi) is 6.84. The Balaban J connectivity index is 2.83. The Hall–Kier alpha value is -2.97. The summed E-state index contributed by atoms with van der Waals surface area (Å²) >= 11 is 0. The molecule has 0 aromatic heterocycles. The maximum atomic E-state index is 12.1. The maximum Gasteiger partial charge on any atom is 0.326 e. The molecule has 24 heavy (non-hydrogen) atoms. The van der Waals surface area contributed by atoms with Gasteiger partial charge in [-0.3, -0.25) is 19.7 Å². The van der Waals surface area contributed by atoms with Crippen molar-refractivity contribution in [2.75, 3.05) is 6.61 Å². The number of nitro benzene ring substituents is 1. The smallest absolute Gasteiger partial charge is 0.326 e. The highest BCUT2D eigenvalue weighted by molar-refractivity contribution is 5.97. The van der Waals surface area contributed by atoms with Crippen LogP contribution in [0.1, 0.15) is 30.6 Å². The number of carboxylic acids is 1. The summed E-state index contributed by atoms with van der Waals surface area (Å²) in [4.78, 5) is 45.0. The van der Waals surface area contributed by atoms with Crippen molar-refractivity contribution in [1.82, 2.24) is 5.32 Å². The van der Waals surface area contributed by atoms with Crippen molar-refractivity contribution in [2.24, 2.45) is 5.92 Å². The summed E-state index contributed by atoms with van der Waals surface area (Å²) in [5, 5.41) is 22.2. The predicted molar refractivity (Wildman–Crippen MR) is 82.4 cm³/mol. The molecule has 1 rings (SSSR count). The molecule has 9 nitrogen and oxygen atoms in total. The number of amides is 1. The largest absolute Gasteiger partial charge is 0.480 e. The Morgan fingerprint density at radius 2 is 2.04 bits per heavy atom. The molecular weight excluding hydrogens is 320 g/mol.